The summed E-state index contributed by atoms with van der Waals surface area (Å²) >= 11 is 0. The van der Waals surface area contributed by atoms with Gasteiger partial charge >= 0.3 is 5.97 Å². The Kier molecular flexibility index (Phi) is 3.28. The molecule has 3 heteroatoms. The van der Waals surface area contributed by atoms with Crippen LogP contribution in [-0.4, -0.2) is 17.7 Å². The maximum Gasteiger partial charge on any atom is 0.336 e. The molecule has 0 atom stereocenters. The Labute approximate surface area is 99.6 Å². The van der Waals surface area contributed by atoms with Gasteiger partial charge < -0.3 is 9.84 Å². The van der Waals surface area contributed by atoms with E-state index >= 15 is 0 Å². The van der Waals surface area contributed by atoms with Crippen LogP contribution in [0.2, 0.25) is 0 Å². The molecular weight excluding hydrogens is 216 g/mol. The SMILES string of the molecule is CCCOc1cccc2c(C(=O)O)cccc12. The second-order valence-corrected chi connectivity index (χ2v) is 3.81. The Morgan fingerprint density at radius 3 is 2.59 bits per heavy atom. The summed E-state index contributed by atoms with van der Waals surface area (Å²) in [6.45, 7) is 2.67. The molecule has 0 spiro atoms. The van der Waals surface area contributed by atoms with Crippen LogP contribution < -0.4 is 4.74 Å². The number of carboxylic acid groups (broad SMARTS) is 1. The van der Waals surface area contributed by atoms with Crippen LogP contribution in [0.25, 0.3) is 10.8 Å². The van der Waals surface area contributed by atoms with Crippen molar-refractivity contribution in [3.8, 4) is 5.75 Å². The Bertz CT molecular complexity index is 546. The van der Waals surface area contributed by atoms with Gasteiger partial charge in [-0.1, -0.05) is 31.2 Å². The Morgan fingerprint density at radius 1 is 1.18 bits per heavy atom. The van der Waals surface area contributed by atoms with Crippen molar-refractivity contribution in [3.05, 3.63) is 42.0 Å². The smallest absolute Gasteiger partial charge is 0.336 e. The van der Waals surface area contributed by atoms with Gasteiger partial charge in [0, 0.05) is 5.39 Å². The van der Waals surface area contributed by atoms with Gasteiger partial charge in [-0.3, -0.25) is 0 Å². The van der Waals surface area contributed by atoms with Gasteiger partial charge in [0.15, 0.2) is 0 Å². The lowest BCUT2D eigenvalue weighted by molar-refractivity contribution is 0.0699. The lowest BCUT2D eigenvalue weighted by Gasteiger charge is -2.09. The summed E-state index contributed by atoms with van der Waals surface area (Å²) < 4.78 is 5.61. The summed E-state index contributed by atoms with van der Waals surface area (Å²) in [6.07, 6.45) is 0.926. The van der Waals surface area contributed by atoms with E-state index in [2.05, 4.69) is 0 Å². The first kappa shape index (κ1) is 11.5. The molecule has 0 unspecified atom stereocenters. The van der Waals surface area contributed by atoms with Crippen LogP contribution in [0.4, 0.5) is 0 Å². The molecule has 0 amide bonds. The maximum atomic E-state index is 11.1. The van der Waals surface area contributed by atoms with E-state index in [9.17, 15) is 4.79 Å². The molecule has 0 aliphatic heterocycles. The van der Waals surface area contributed by atoms with Crippen LogP contribution in [0.1, 0.15) is 23.7 Å². The summed E-state index contributed by atoms with van der Waals surface area (Å²) in [6, 6.07) is 10.7. The highest BCUT2D eigenvalue weighted by Crippen LogP contribution is 2.28. The second-order valence-electron chi connectivity index (χ2n) is 3.81. The molecule has 0 radical (unpaired) electrons. The van der Waals surface area contributed by atoms with E-state index in [1.807, 2.05) is 25.1 Å². The molecule has 1 N–H and O–H groups in total. The highest BCUT2D eigenvalue weighted by molar-refractivity contribution is 6.05. The zero-order chi connectivity index (χ0) is 12.3. The summed E-state index contributed by atoms with van der Waals surface area (Å²) in [4.78, 5) is 11.1. The molecule has 88 valence electrons. The average Bonchev–Trinajstić information content (AvgIpc) is 2.35. The predicted octanol–water partition coefficient (Wildman–Crippen LogP) is 3.33. The zero-order valence-corrected chi connectivity index (χ0v) is 9.64. The Balaban J connectivity index is 2.57. The van der Waals surface area contributed by atoms with Crippen LogP contribution in [0.5, 0.6) is 5.75 Å². The predicted molar refractivity (Wildman–Crippen MR) is 66.7 cm³/mol. The Hall–Kier alpha value is -2.03. The van der Waals surface area contributed by atoms with Gasteiger partial charge in [-0.25, -0.2) is 4.79 Å². The molecule has 2 aromatic carbocycles. The molecule has 0 bridgehead atoms. The molecule has 0 heterocycles. The maximum absolute atomic E-state index is 11.1. The van der Waals surface area contributed by atoms with Gasteiger partial charge in [0.1, 0.15) is 5.75 Å². The van der Waals surface area contributed by atoms with Crippen LogP contribution in [-0.2, 0) is 0 Å². The number of ether oxygens (including phenoxy) is 1. The number of rotatable bonds is 4. The molecule has 0 fully saturated rings. The van der Waals surface area contributed by atoms with Crippen LogP contribution in [0.3, 0.4) is 0 Å². The van der Waals surface area contributed by atoms with Gasteiger partial charge in [0.2, 0.25) is 0 Å². The number of fused-ring (bicyclic) bond motifs is 1. The lowest BCUT2D eigenvalue weighted by atomic mass is 10.0. The van der Waals surface area contributed by atoms with Crippen molar-refractivity contribution in [2.45, 2.75) is 13.3 Å². The van der Waals surface area contributed by atoms with E-state index in [4.69, 9.17) is 9.84 Å². The summed E-state index contributed by atoms with van der Waals surface area (Å²) in [5, 5.41) is 10.7. The first-order chi connectivity index (χ1) is 8.24. The molecular formula is C14H14O3. The molecule has 17 heavy (non-hydrogen) atoms. The standard InChI is InChI=1S/C14H14O3/c1-2-9-17-13-8-4-5-10-11(13)6-3-7-12(10)14(15)16/h3-8H,2,9H2,1H3,(H,15,16). The summed E-state index contributed by atoms with van der Waals surface area (Å²) in [5.41, 5.74) is 0.310. The monoisotopic (exact) mass is 230 g/mol. The Morgan fingerprint density at radius 2 is 1.88 bits per heavy atom. The quantitative estimate of drug-likeness (QED) is 0.876. The first-order valence-electron chi connectivity index (χ1n) is 5.62. The fourth-order valence-corrected chi connectivity index (χ4v) is 1.81. The van der Waals surface area contributed by atoms with Crippen LogP contribution in [0, 0.1) is 0 Å². The number of hydrogen-bond donors (Lipinski definition) is 1. The highest BCUT2D eigenvalue weighted by Gasteiger charge is 2.10. The number of carbonyl (C=O) groups is 1. The van der Waals surface area contributed by atoms with Gasteiger partial charge in [-0.05, 0) is 23.9 Å². The third-order valence-corrected chi connectivity index (χ3v) is 2.57. The molecule has 0 aliphatic carbocycles. The third-order valence-electron chi connectivity index (χ3n) is 2.57. The van der Waals surface area contributed by atoms with Gasteiger partial charge in [0.05, 0.1) is 12.2 Å². The van der Waals surface area contributed by atoms with Crippen molar-refractivity contribution in [3.63, 3.8) is 0 Å². The molecule has 0 saturated heterocycles. The molecule has 3 nitrogen and oxygen atoms in total. The van der Waals surface area contributed by atoms with Gasteiger partial charge in [-0.15, -0.1) is 0 Å². The van der Waals surface area contributed by atoms with E-state index in [1.165, 1.54) is 0 Å². The van der Waals surface area contributed by atoms with Crippen LogP contribution >= 0.6 is 0 Å². The highest BCUT2D eigenvalue weighted by atomic mass is 16.5. The third kappa shape index (κ3) is 2.23. The summed E-state index contributed by atoms with van der Waals surface area (Å²) in [7, 11) is 0. The molecule has 2 aromatic rings. The van der Waals surface area contributed by atoms with Gasteiger partial charge in [0.25, 0.3) is 0 Å². The summed E-state index contributed by atoms with van der Waals surface area (Å²) in [5.74, 6) is -0.171. The minimum Gasteiger partial charge on any atom is -0.493 e. The molecule has 0 aliphatic rings. The molecule has 2 rings (SSSR count). The van der Waals surface area contributed by atoms with E-state index in [1.54, 1.807) is 18.2 Å². The number of aromatic carboxylic acids is 1. The zero-order valence-electron chi connectivity index (χ0n) is 9.64. The van der Waals surface area contributed by atoms with Crippen molar-refractivity contribution in [1.82, 2.24) is 0 Å². The largest absolute Gasteiger partial charge is 0.493 e. The van der Waals surface area contributed by atoms with Crippen molar-refractivity contribution < 1.29 is 14.6 Å². The lowest BCUT2D eigenvalue weighted by Crippen LogP contribution is -1.99. The normalized spacial score (nSPS) is 10.4. The minimum absolute atomic E-state index is 0.310. The van der Waals surface area contributed by atoms with Crippen molar-refractivity contribution in [2.75, 3.05) is 6.61 Å². The molecule has 0 saturated carbocycles. The molecule has 0 aromatic heterocycles. The van der Waals surface area contributed by atoms with Gasteiger partial charge in [-0.2, -0.15) is 0 Å². The van der Waals surface area contributed by atoms with Crippen LogP contribution in [0.15, 0.2) is 36.4 Å². The number of carboxylic acids is 1. The van der Waals surface area contributed by atoms with Crippen molar-refractivity contribution in [2.24, 2.45) is 0 Å². The first-order valence-corrected chi connectivity index (χ1v) is 5.62. The average molecular weight is 230 g/mol. The van der Waals surface area contributed by atoms with Crippen molar-refractivity contribution in [1.29, 1.82) is 0 Å². The fourth-order valence-electron chi connectivity index (χ4n) is 1.81. The van der Waals surface area contributed by atoms with E-state index in [0.717, 1.165) is 17.6 Å². The van der Waals surface area contributed by atoms with Crippen molar-refractivity contribution >= 4 is 16.7 Å². The van der Waals surface area contributed by atoms with E-state index < -0.39 is 5.97 Å². The number of benzene rings is 2. The number of hydrogen-bond acceptors (Lipinski definition) is 2. The topological polar surface area (TPSA) is 46.5 Å². The van der Waals surface area contributed by atoms with E-state index in [0.29, 0.717) is 17.6 Å². The minimum atomic E-state index is -0.914. The second kappa shape index (κ2) is 4.87. The van der Waals surface area contributed by atoms with E-state index in [-0.39, 0.29) is 0 Å². The fraction of sp³-hybridized carbons (Fsp3) is 0.214.